The third kappa shape index (κ3) is 5.60. The highest BCUT2D eigenvalue weighted by molar-refractivity contribution is 14.1. The molecule has 1 fully saturated rings. The number of benzene rings is 1. The van der Waals surface area contributed by atoms with Gasteiger partial charge >= 0.3 is 5.97 Å². The Morgan fingerprint density at radius 2 is 2.04 bits per heavy atom. The van der Waals surface area contributed by atoms with Crippen LogP contribution in [0.2, 0.25) is 0 Å². The quantitative estimate of drug-likeness (QED) is 0.256. The van der Waals surface area contributed by atoms with E-state index in [1.807, 2.05) is 6.07 Å². The maximum Gasteiger partial charge on any atom is 0.344 e. The molecular weight excluding hydrogens is 463 g/mol. The van der Waals surface area contributed by atoms with Crippen LogP contribution in [-0.4, -0.2) is 50.2 Å². The second-order valence-corrected chi connectivity index (χ2v) is 6.96. The zero-order chi connectivity index (χ0) is 19.8. The summed E-state index contributed by atoms with van der Waals surface area (Å²) in [5, 5.41) is 9.39. The number of esters is 1. The van der Waals surface area contributed by atoms with Crippen LogP contribution in [0, 0.1) is 14.9 Å². The van der Waals surface area contributed by atoms with Crippen LogP contribution in [0.4, 0.5) is 0 Å². The van der Waals surface area contributed by atoms with E-state index in [2.05, 4.69) is 22.6 Å². The van der Waals surface area contributed by atoms with Gasteiger partial charge in [0, 0.05) is 13.1 Å². The van der Waals surface area contributed by atoms with Gasteiger partial charge in [-0.1, -0.05) is 0 Å². The number of methoxy groups -OCH3 is 1. The van der Waals surface area contributed by atoms with Crippen LogP contribution in [0.15, 0.2) is 17.7 Å². The van der Waals surface area contributed by atoms with Crippen molar-refractivity contribution in [2.45, 2.75) is 19.8 Å². The Labute approximate surface area is 172 Å². The molecule has 2 rings (SSSR count). The summed E-state index contributed by atoms with van der Waals surface area (Å²) >= 11 is 2.05. The highest BCUT2D eigenvalue weighted by Gasteiger charge is 2.22. The molecule has 1 aromatic rings. The van der Waals surface area contributed by atoms with E-state index >= 15 is 0 Å². The van der Waals surface area contributed by atoms with E-state index < -0.39 is 5.97 Å². The van der Waals surface area contributed by atoms with E-state index in [0.717, 1.165) is 12.8 Å². The fourth-order valence-electron chi connectivity index (χ4n) is 2.70. The summed E-state index contributed by atoms with van der Waals surface area (Å²) in [4.78, 5) is 25.6. The van der Waals surface area contributed by atoms with Crippen LogP contribution < -0.4 is 9.47 Å². The lowest BCUT2D eigenvalue weighted by molar-refractivity contribution is -0.145. The normalized spacial score (nSPS) is 13.9. The molecule has 0 radical (unpaired) electrons. The van der Waals surface area contributed by atoms with Crippen molar-refractivity contribution >= 4 is 40.5 Å². The molecule has 0 saturated carbocycles. The minimum absolute atomic E-state index is 0.0787. The van der Waals surface area contributed by atoms with Crippen LogP contribution >= 0.6 is 22.6 Å². The first-order valence-corrected chi connectivity index (χ1v) is 9.65. The number of hydrogen-bond donors (Lipinski definition) is 0. The molecule has 0 bridgehead atoms. The van der Waals surface area contributed by atoms with Gasteiger partial charge in [0.25, 0.3) is 5.91 Å². The molecule has 0 N–H and O–H groups in total. The van der Waals surface area contributed by atoms with Crippen molar-refractivity contribution in [3.8, 4) is 17.6 Å². The second-order valence-electron chi connectivity index (χ2n) is 5.80. The van der Waals surface area contributed by atoms with Crippen molar-refractivity contribution in [3.05, 3.63) is 26.8 Å². The molecule has 1 aliphatic rings. The number of halogens is 1. The topological polar surface area (TPSA) is 88.9 Å². The number of nitriles is 1. The van der Waals surface area contributed by atoms with Crippen LogP contribution in [-0.2, 0) is 14.3 Å². The Balaban J connectivity index is 2.24. The van der Waals surface area contributed by atoms with Crippen molar-refractivity contribution in [2.24, 2.45) is 0 Å². The molecule has 1 heterocycles. The van der Waals surface area contributed by atoms with Crippen LogP contribution in [0.5, 0.6) is 11.5 Å². The van der Waals surface area contributed by atoms with Crippen molar-refractivity contribution in [3.63, 3.8) is 0 Å². The van der Waals surface area contributed by atoms with Crippen LogP contribution in [0.3, 0.4) is 0 Å². The molecule has 0 atom stereocenters. The minimum atomic E-state index is -0.470. The summed E-state index contributed by atoms with van der Waals surface area (Å²) < 4.78 is 16.4. The Morgan fingerprint density at radius 1 is 1.33 bits per heavy atom. The summed E-state index contributed by atoms with van der Waals surface area (Å²) in [5.41, 5.74) is 0.721. The Kier molecular flexibility index (Phi) is 7.91. The third-order valence-corrected chi connectivity index (χ3v) is 4.75. The maximum atomic E-state index is 12.5. The predicted molar refractivity (Wildman–Crippen MR) is 107 cm³/mol. The van der Waals surface area contributed by atoms with Crippen molar-refractivity contribution in [1.29, 1.82) is 5.26 Å². The Hall–Kier alpha value is -2.28. The summed E-state index contributed by atoms with van der Waals surface area (Å²) in [6, 6.07) is 5.41. The second kappa shape index (κ2) is 10.2. The van der Waals surface area contributed by atoms with Crippen molar-refractivity contribution in [1.82, 2.24) is 4.90 Å². The molecule has 1 aliphatic heterocycles. The molecule has 27 heavy (non-hydrogen) atoms. The molecule has 0 unspecified atom stereocenters. The molecular formula is C19H21IN2O5. The van der Waals surface area contributed by atoms with Gasteiger partial charge in [-0.2, -0.15) is 5.26 Å². The fraction of sp³-hybridized carbons (Fsp3) is 0.421. The highest BCUT2D eigenvalue weighted by Crippen LogP contribution is 2.34. The third-order valence-electron chi connectivity index (χ3n) is 3.95. The lowest BCUT2D eigenvalue weighted by Crippen LogP contribution is -2.28. The van der Waals surface area contributed by atoms with Gasteiger partial charge in [-0.25, -0.2) is 4.79 Å². The number of carbonyl (C=O) groups excluding carboxylic acids is 2. The van der Waals surface area contributed by atoms with Gasteiger partial charge in [0.1, 0.15) is 11.6 Å². The number of rotatable bonds is 7. The Bertz CT molecular complexity index is 779. The van der Waals surface area contributed by atoms with Crippen LogP contribution in [0.25, 0.3) is 6.08 Å². The van der Waals surface area contributed by atoms with E-state index in [1.165, 1.54) is 7.11 Å². The molecule has 144 valence electrons. The molecule has 0 aliphatic carbocycles. The van der Waals surface area contributed by atoms with Gasteiger partial charge in [-0.15, -0.1) is 0 Å². The van der Waals surface area contributed by atoms with Crippen molar-refractivity contribution in [2.75, 3.05) is 33.4 Å². The van der Waals surface area contributed by atoms with Crippen molar-refractivity contribution < 1.29 is 23.8 Å². The van der Waals surface area contributed by atoms with Gasteiger partial charge in [-0.3, -0.25) is 4.79 Å². The standard InChI is InChI=1S/C19H21IN2O5/c1-3-26-17(23)12-27-18-15(20)9-13(10-16(18)25-2)8-14(11-21)19(24)22-6-4-5-7-22/h8-10H,3-7,12H2,1-2H3/b14-8+. The first-order chi connectivity index (χ1) is 13.0. The zero-order valence-electron chi connectivity index (χ0n) is 15.3. The van der Waals surface area contributed by atoms with Crippen LogP contribution in [0.1, 0.15) is 25.3 Å². The summed E-state index contributed by atoms with van der Waals surface area (Å²) in [7, 11) is 1.48. The highest BCUT2D eigenvalue weighted by atomic mass is 127. The van der Waals surface area contributed by atoms with Gasteiger partial charge in [0.15, 0.2) is 18.1 Å². The number of nitrogens with zero attached hydrogens (tertiary/aromatic N) is 2. The van der Waals surface area contributed by atoms with Gasteiger partial charge in [0.2, 0.25) is 0 Å². The minimum Gasteiger partial charge on any atom is -0.493 e. The zero-order valence-corrected chi connectivity index (χ0v) is 17.4. The van der Waals surface area contributed by atoms with E-state index in [9.17, 15) is 14.9 Å². The van der Waals surface area contributed by atoms with Gasteiger partial charge < -0.3 is 19.1 Å². The average Bonchev–Trinajstić information content (AvgIpc) is 3.19. The average molecular weight is 484 g/mol. The van der Waals surface area contributed by atoms with Gasteiger partial charge in [-0.05, 0) is 66.1 Å². The van der Waals surface area contributed by atoms with Gasteiger partial charge in [0.05, 0.1) is 17.3 Å². The number of likely N-dealkylation sites (tertiary alicyclic amines) is 1. The molecule has 1 aromatic carbocycles. The first kappa shape index (κ1) is 21.0. The number of hydrogen-bond acceptors (Lipinski definition) is 6. The summed E-state index contributed by atoms with van der Waals surface area (Å²) in [6.45, 7) is 3.13. The molecule has 7 nitrogen and oxygen atoms in total. The molecule has 1 saturated heterocycles. The summed E-state index contributed by atoms with van der Waals surface area (Å²) in [5.74, 6) is 0.0879. The Morgan fingerprint density at radius 3 is 2.63 bits per heavy atom. The largest absolute Gasteiger partial charge is 0.493 e. The molecule has 0 spiro atoms. The van der Waals surface area contributed by atoms with E-state index in [-0.39, 0.29) is 24.7 Å². The number of amides is 1. The lowest BCUT2D eigenvalue weighted by Gasteiger charge is -2.15. The maximum absolute atomic E-state index is 12.5. The monoisotopic (exact) mass is 484 g/mol. The lowest BCUT2D eigenvalue weighted by atomic mass is 10.1. The van der Waals surface area contributed by atoms with E-state index in [1.54, 1.807) is 30.0 Å². The predicted octanol–water partition coefficient (Wildman–Crippen LogP) is 2.77. The molecule has 8 heteroatoms. The summed E-state index contributed by atoms with van der Waals surface area (Å²) in [6.07, 6.45) is 3.46. The number of ether oxygens (including phenoxy) is 3. The SMILES string of the molecule is CCOC(=O)COc1c(I)cc(/C=C(\C#N)C(=O)N2CCCC2)cc1OC. The first-order valence-electron chi connectivity index (χ1n) is 8.57. The molecule has 0 aromatic heterocycles. The molecule has 1 amide bonds. The number of carbonyl (C=O) groups is 2. The smallest absolute Gasteiger partial charge is 0.344 e. The van der Waals surface area contributed by atoms with E-state index in [4.69, 9.17) is 14.2 Å². The van der Waals surface area contributed by atoms with E-state index in [0.29, 0.717) is 33.7 Å². The fourth-order valence-corrected chi connectivity index (χ4v) is 3.48.